The highest BCUT2D eigenvalue weighted by Crippen LogP contribution is 2.27. The van der Waals surface area contributed by atoms with Crippen molar-refractivity contribution in [2.75, 3.05) is 17.8 Å². The molecule has 152 valence electrons. The summed E-state index contributed by atoms with van der Waals surface area (Å²) in [6, 6.07) is -1.25. The zero-order chi connectivity index (χ0) is 19.9. The van der Waals surface area contributed by atoms with Gasteiger partial charge in [0.1, 0.15) is 0 Å². The summed E-state index contributed by atoms with van der Waals surface area (Å²) in [7, 11) is -3.31. The Morgan fingerprint density at radius 2 is 1.92 bits per heavy atom. The lowest BCUT2D eigenvalue weighted by atomic mass is 9.82. The van der Waals surface area contributed by atoms with E-state index in [2.05, 4.69) is 10.6 Å². The standard InChI is InChI=1S/C16H31N3O5S2/c1-10(2)26(23,24)9-11-8-12(18-16(21)22)4-5-14(11)19-15(20)13(17)6-7-25-3/h10-14,18H,4-9,17H2,1-3H3,(H,19,20)(H,21,22)/t11-,12?,13?,14-/m0/s1. The van der Waals surface area contributed by atoms with Crippen molar-refractivity contribution in [3.05, 3.63) is 0 Å². The predicted octanol–water partition coefficient (Wildman–Crippen LogP) is 0.811. The maximum atomic E-state index is 12.4. The molecule has 0 aliphatic heterocycles. The van der Waals surface area contributed by atoms with Gasteiger partial charge in [-0.1, -0.05) is 0 Å². The molecule has 0 radical (unpaired) electrons. The Morgan fingerprint density at radius 3 is 2.46 bits per heavy atom. The summed E-state index contributed by atoms with van der Waals surface area (Å²) in [6.07, 6.45) is 2.82. The number of carboxylic acid groups (broad SMARTS) is 1. The van der Waals surface area contributed by atoms with E-state index in [4.69, 9.17) is 10.8 Å². The van der Waals surface area contributed by atoms with Crippen LogP contribution in [-0.4, -0.2) is 66.7 Å². The molecule has 10 heteroatoms. The number of amides is 2. The molecule has 26 heavy (non-hydrogen) atoms. The Hall–Kier alpha value is -1.00. The summed E-state index contributed by atoms with van der Waals surface area (Å²) < 4.78 is 24.7. The number of carbonyl (C=O) groups is 2. The van der Waals surface area contributed by atoms with Crippen LogP contribution in [0.1, 0.15) is 39.5 Å². The number of carbonyl (C=O) groups excluding carboxylic acids is 1. The lowest BCUT2D eigenvalue weighted by molar-refractivity contribution is -0.123. The minimum Gasteiger partial charge on any atom is -0.465 e. The molecule has 1 rings (SSSR count). The number of nitrogens with two attached hydrogens (primary N) is 1. The molecule has 1 aliphatic rings. The molecule has 5 N–H and O–H groups in total. The highest BCUT2D eigenvalue weighted by Gasteiger charge is 2.36. The second-order valence-corrected chi connectivity index (χ2v) is 10.7. The van der Waals surface area contributed by atoms with E-state index >= 15 is 0 Å². The molecule has 0 aromatic heterocycles. The van der Waals surface area contributed by atoms with Crippen LogP contribution in [0.25, 0.3) is 0 Å². The smallest absolute Gasteiger partial charge is 0.404 e. The summed E-state index contributed by atoms with van der Waals surface area (Å²) in [6.45, 7) is 3.24. The van der Waals surface area contributed by atoms with Crippen LogP contribution in [0.2, 0.25) is 0 Å². The van der Waals surface area contributed by atoms with E-state index < -0.39 is 27.2 Å². The number of nitrogens with one attached hydrogen (secondary N) is 2. The lowest BCUT2D eigenvalue weighted by Crippen LogP contribution is -2.53. The fourth-order valence-electron chi connectivity index (χ4n) is 3.10. The molecule has 1 saturated carbocycles. The first kappa shape index (κ1) is 23.0. The van der Waals surface area contributed by atoms with Gasteiger partial charge in [-0.2, -0.15) is 11.8 Å². The molecule has 2 amide bonds. The summed E-state index contributed by atoms with van der Waals surface area (Å²) in [5.74, 6) is 0.0768. The highest BCUT2D eigenvalue weighted by atomic mass is 32.2. The number of sulfone groups is 1. The molecule has 4 atom stereocenters. The molecule has 0 aromatic carbocycles. The summed E-state index contributed by atoms with van der Waals surface area (Å²) in [5, 5.41) is 13.7. The quantitative estimate of drug-likeness (QED) is 0.442. The summed E-state index contributed by atoms with van der Waals surface area (Å²) in [4.78, 5) is 23.2. The zero-order valence-corrected chi connectivity index (χ0v) is 17.2. The van der Waals surface area contributed by atoms with Crippen LogP contribution in [0.4, 0.5) is 4.79 Å². The van der Waals surface area contributed by atoms with Gasteiger partial charge in [0.2, 0.25) is 5.91 Å². The van der Waals surface area contributed by atoms with Crippen molar-refractivity contribution < 1.29 is 23.1 Å². The van der Waals surface area contributed by atoms with E-state index in [1.807, 2.05) is 6.26 Å². The van der Waals surface area contributed by atoms with Crippen molar-refractivity contribution in [1.29, 1.82) is 0 Å². The molecule has 0 bridgehead atoms. The molecule has 2 unspecified atom stereocenters. The van der Waals surface area contributed by atoms with Crippen molar-refractivity contribution in [3.8, 4) is 0 Å². The van der Waals surface area contributed by atoms with Gasteiger partial charge in [0.15, 0.2) is 9.84 Å². The van der Waals surface area contributed by atoms with E-state index in [1.165, 1.54) is 0 Å². The van der Waals surface area contributed by atoms with Crippen molar-refractivity contribution in [3.63, 3.8) is 0 Å². The maximum Gasteiger partial charge on any atom is 0.404 e. The maximum absolute atomic E-state index is 12.4. The average Bonchev–Trinajstić information content (AvgIpc) is 2.53. The van der Waals surface area contributed by atoms with Crippen molar-refractivity contribution in [1.82, 2.24) is 10.6 Å². The summed E-state index contributed by atoms with van der Waals surface area (Å²) in [5.41, 5.74) is 5.90. The first-order valence-corrected chi connectivity index (χ1v) is 11.9. The third kappa shape index (κ3) is 7.32. The Kier molecular flexibility index (Phi) is 9.18. The van der Waals surface area contributed by atoms with Crippen LogP contribution in [0.5, 0.6) is 0 Å². The van der Waals surface area contributed by atoms with Gasteiger partial charge >= 0.3 is 6.09 Å². The molecule has 0 spiro atoms. The minimum atomic E-state index is -3.31. The normalized spacial score (nSPS) is 24.9. The Balaban J connectivity index is 2.82. The molecule has 1 aliphatic carbocycles. The van der Waals surface area contributed by atoms with Crippen LogP contribution in [0, 0.1) is 5.92 Å². The molecule has 0 saturated heterocycles. The van der Waals surface area contributed by atoms with E-state index in [0.29, 0.717) is 25.7 Å². The minimum absolute atomic E-state index is 0.0759. The molecule has 0 aromatic rings. The topological polar surface area (TPSA) is 139 Å². The van der Waals surface area contributed by atoms with Gasteiger partial charge in [-0.05, 0) is 57.5 Å². The number of hydrogen-bond acceptors (Lipinski definition) is 6. The summed E-state index contributed by atoms with van der Waals surface area (Å²) >= 11 is 1.61. The molecule has 8 nitrogen and oxygen atoms in total. The first-order valence-electron chi connectivity index (χ1n) is 8.82. The van der Waals surface area contributed by atoms with Gasteiger partial charge in [-0.25, -0.2) is 13.2 Å². The Morgan fingerprint density at radius 1 is 1.27 bits per heavy atom. The Bertz CT molecular complexity index is 582. The average molecular weight is 410 g/mol. The van der Waals surface area contributed by atoms with Crippen molar-refractivity contribution in [2.45, 2.75) is 62.9 Å². The fourth-order valence-corrected chi connectivity index (χ4v) is 4.94. The highest BCUT2D eigenvalue weighted by molar-refractivity contribution is 7.98. The molecule has 1 fully saturated rings. The largest absolute Gasteiger partial charge is 0.465 e. The third-order valence-electron chi connectivity index (χ3n) is 4.77. The lowest BCUT2D eigenvalue weighted by Gasteiger charge is -2.37. The van der Waals surface area contributed by atoms with Crippen LogP contribution in [-0.2, 0) is 14.6 Å². The van der Waals surface area contributed by atoms with Gasteiger partial charge in [-0.3, -0.25) is 4.79 Å². The van der Waals surface area contributed by atoms with Crippen LogP contribution in [0.15, 0.2) is 0 Å². The SMILES string of the molecule is CSCCC(N)C(=O)N[C@H]1CCC(NC(=O)O)C[C@H]1CS(=O)(=O)C(C)C. The van der Waals surface area contributed by atoms with E-state index in [9.17, 15) is 18.0 Å². The number of thioether (sulfide) groups is 1. The second kappa shape index (κ2) is 10.4. The molecular formula is C16H31N3O5S2. The van der Waals surface area contributed by atoms with Gasteiger partial charge < -0.3 is 21.5 Å². The van der Waals surface area contributed by atoms with Crippen LogP contribution >= 0.6 is 11.8 Å². The Labute approximate surface area is 160 Å². The molecule has 0 heterocycles. The molecular weight excluding hydrogens is 378 g/mol. The predicted molar refractivity (Wildman–Crippen MR) is 104 cm³/mol. The number of hydrogen-bond donors (Lipinski definition) is 4. The van der Waals surface area contributed by atoms with Crippen molar-refractivity contribution in [2.24, 2.45) is 11.7 Å². The van der Waals surface area contributed by atoms with Crippen molar-refractivity contribution >= 4 is 33.6 Å². The zero-order valence-electron chi connectivity index (χ0n) is 15.6. The van der Waals surface area contributed by atoms with Crippen LogP contribution < -0.4 is 16.4 Å². The monoisotopic (exact) mass is 409 g/mol. The van der Waals surface area contributed by atoms with Gasteiger partial charge in [0.25, 0.3) is 0 Å². The van der Waals surface area contributed by atoms with Gasteiger partial charge in [0, 0.05) is 12.1 Å². The van der Waals surface area contributed by atoms with E-state index in [-0.39, 0.29) is 29.7 Å². The van der Waals surface area contributed by atoms with E-state index in [1.54, 1.807) is 25.6 Å². The fraction of sp³-hybridized carbons (Fsp3) is 0.875. The van der Waals surface area contributed by atoms with Gasteiger partial charge in [-0.15, -0.1) is 0 Å². The number of rotatable bonds is 9. The first-order chi connectivity index (χ1) is 12.1. The third-order valence-corrected chi connectivity index (χ3v) is 7.75. The van der Waals surface area contributed by atoms with E-state index in [0.717, 1.165) is 5.75 Å². The van der Waals surface area contributed by atoms with Crippen LogP contribution in [0.3, 0.4) is 0 Å². The van der Waals surface area contributed by atoms with Gasteiger partial charge in [0.05, 0.1) is 17.0 Å². The second-order valence-electron chi connectivity index (χ2n) is 7.10.